The van der Waals surface area contributed by atoms with Crippen molar-refractivity contribution in [1.29, 1.82) is 0 Å². The van der Waals surface area contributed by atoms with Gasteiger partial charge in [0.1, 0.15) is 0 Å². The predicted molar refractivity (Wildman–Crippen MR) is 67.8 cm³/mol. The number of ether oxygens (including phenoxy) is 1. The Morgan fingerprint density at radius 3 is 2.28 bits per heavy atom. The average Bonchev–Trinajstić information content (AvgIpc) is 2.17. The molecule has 5 heteroatoms. The van der Waals surface area contributed by atoms with Crippen LogP contribution in [0.5, 0.6) is 5.75 Å². The summed E-state index contributed by atoms with van der Waals surface area (Å²) in [5.74, 6) is -0.516. The van der Waals surface area contributed by atoms with Crippen molar-refractivity contribution in [2.75, 3.05) is 0 Å². The number of nitro benzene ring substituents is 1. The fraction of sp³-hybridized carbons (Fsp3) is 0.462. The zero-order valence-corrected chi connectivity index (χ0v) is 11.2. The van der Waals surface area contributed by atoms with Gasteiger partial charge in [-0.25, -0.2) is 0 Å². The molecule has 0 saturated heterocycles. The van der Waals surface area contributed by atoms with Gasteiger partial charge >= 0.3 is 11.7 Å². The first-order valence-corrected chi connectivity index (χ1v) is 5.61. The number of rotatable bonds is 2. The van der Waals surface area contributed by atoms with Gasteiger partial charge in [0.2, 0.25) is 5.75 Å². The second-order valence-electron chi connectivity index (χ2n) is 5.26. The maximum Gasteiger partial charge on any atom is 0.312 e. The molecule has 0 unspecified atom stereocenters. The molecule has 0 radical (unpaired) electrons. The van der Waals surface area contributed by atoms with Gasteiger partial charge in [0.05, 0.1) is 4.92 Å². The Morgan fingerprint density at radius 2 is 1.89 bits per heavy atom. The molecule has 0 aromatic heterocycles. The van der Waals surface area contributed by atoms with Crippen molar-refractivity contribution in [3.63, 3.8) is 0 Å². The first kappa shape index (κ1) is 14.2. The number of hydrogen-bond acceptors (Lipinski definition) is 4. The van der Waals surface area contributed by atoms with Crippen molar-refractivity contribution >= 4 is 11.7 Å². The topological polar surface area (TPSA) is 69.4 Å². The van der Waals surface area contributed by atoms with Crippen molar-refractivity contribution in [1.82, 2.24) is 0 Å². The van der Waals surface area contributed by atoms with E-state index in [-0.39, 0.29) is 16.9 Å². The molecular formula is C13H17NO4. The maximum absolute atomic E-state index is 11.1. The highest BCUT2D eigenvalue weighted by Crippen LogP contribution is 2.39. The fourth-order valence-electron chi connectivity index (χ4n) is 1.70. The van der Waals surface area contributed by atoms with Crippen molar-refractivity contribution in [2.24, 2.45) is 0 Å². The molecule has 0 heterocycles. The summed E-state index contributed by atoms with van der Waals surface area (Å²) in [5, 5.41) is 11.0. The second-order valence-corrected chi connectivity index (χ2v) is 5.26. The second kappa shape index (κ2) is 4.76. The van der Waals surface area contributed by atoms with E-state index < -0.39 is 10.9 Å². The van der Waals surface area contributed by atoms with Gasteiger partial charge in [0.25, 0.3) is 0 Å². The summed E-state index contributed by atoms with van der Waals surface area (Å²) in [5.41, 5.74) is 0.906. The van der Waals surface area contributed by atoms with Gasteiger partial charge in [-0.2, -0.15) is 0 Å². The monoisotopic (exact) mass is 251 g/mol. The van der Waals surface area contributed by atoms with E-state index in [1.807, 2.05) is 26.8 Å². The van der Waals surface area contributed by atoms with E-state index in [4.69, 9.17) is 4.74 Å². The van der Waals surface area contributed by atoms with E-state index >= 15 is 0 Å². The summed E-state index contributed by atoms with van der Waals surface area (Å²) in [7, 11) is 0. The Balaban J connectivity index is 3.57. The number of nitrogens with zero attached hydrogens (tertiary/aromatic N) is 1. The molecule has 0 amide bonds. The van der Waals surface area contributed by atoms with Crippen molar-refractivity contribution in [2.45, 2.75) is 40.0 Å². The third kappa shape index (κ3) is 3.06. The minimum atomic E-state index is -0.563. The average molecular weight is 251 g/mol. The van der Waals surface area contributed by atoms with Crippen LogP contribution in [-0.4, -0.2) is 10.9 Å². The molecular weight excluding hydrogens is 234 g/mol. The summed E-state index contributed by atoms with van der Waals surface area (Å²) < 4.78 is 5.04. The molecule has 0 aliphatic rings. The lowest BCUT2D eigenvalue weighted by Crippen LogP contribution is -2.16. The van der Waals surface area contributed by atoms with Crippen molar-refractivity contribution in [3.05, 3.63) is 33.4 Å². The van der Waals surface area contributed by atoms with Crippen LogP contribution in [0.4, 0.5) is 5.69 Å². The number of esters is 1. The first-order chi connectivity index (χ1) is 8.12. The largest absolute Gasteiger partial charge is 0.419 e. The number of benzene rings is 1. The molecule has 0 bridgehead atoms. The van der Waals surface area contributed by atoms with Crippen molar-refractivity contribution < 1.29 is 14.5 Å². The molecule has 1 aromatic carbocycles. The molecule has 1 rings (SSSR count). The zero-order chi connectivity index (χ0) is 14.1. The van der Waals surface area contributed by atoms with Crippen LogP contribution in [0.2, 0.25) is 0 Å². The Labute approximate surface area is 106 Å². The summed E-state index contributed by atoms with van der Waals surface area (Å²) in [6, 6.07) is 3.22. The highest BCUT2D eigenvalue weighted by atomic mass is 16.6. The van der Waals surface area contributed by atoms with Crippen molar-refractivity contribution in [3.8, 4) is 5.75 Å². The fourth-order valence-corrected chi connectivity index (χ4v) is 1.70. The summed E-state index contributed by atoms with van der Waals surface area (Å²) >= 11 is 0. The lowest BCUT2D eigenvalue weighted by atomic mass is 9.85. The van der Waals surface area contributed by atoms with Crippen LogP contribution in [0.15, 0.2) is 12.1 Å². The Morgan fingerprint density at radius 1 is 1.33 bits per heavy atom. The molecule has 0 saturated carbocycles. The Hall–Kier alpha value is -1.91. The van der Waals surface area contributed by atoms with Crippen LogP contribution in [-0.2, 0) is 10.2 Å². The maximum atomic E-state index is 11.1. The van der Waals surface area contributed by atoms with Gasteiger partial charge in [0.15, 0.2) is 0 Å². The standard InChI is InChI=1S/C13H17NO4/c1-8-6-10(13(3,4)5)12(18-9(2)15)11(7-8)14(16)17/h6-7H,1-5H3. The number of carbonyl (C=O) groups excluding carboxylic acids is 1. The molecule has 0 aliphatic heterocycles. The van der Waals surface area contributed by atoms with Gasteiger partial charge in [-0.3, -0.25) is 14.9 Å². The van der Waals surface area contributed by atoms with Gasteiger partial charge in [0, 0.05) is 18.6 Å². The zero-order valence-electron chi connectivity index (χ0n) is 11.2. The van der Waals surface area contributed by atoms with E-state index in [9.17, 15) is 14.9 Å². The normalized spacial score (nSPS) is 11.2. The minimum absolute atomic E-state index is 0.0469. The highest BCUT2D eigenvalue weighted by Gasteiger charge is 2.28. The quantitative estimate of drug-likeness (QED) is 0.350. The van der Waals surface area contributed by atoms with Crippen LogP contribution in [0.25, 0.3) is 0 Å². The molecule has 98 valence electrons. The van der Waals surface area contributed by atoms with Gasteiger partial charge in [-0.15, -0.1) is 0 Å². The number of hydrogen-bond donors (Lipinski definition) is 0. The molecule has 0 aliphatic carbocycles. The number of aryl methyl sites for hydroxylation is 1. The van der Waals surface area contributed by atoms with E-state index in [1.165, 1.54) is 13.0 Å². The van der Waals surface area contributed by atoms with Crippen LogP contribution < -0.4 is 4.74 Å². The summed E-state index contributed by atoms with van der Waals surface area (Å²) in [4.78, 5) is 21.6. The van der Waals surface area contributed by atoms with Gasteiger partial charge in [-0.05, 0) is 17.9 Å². The Bertz CT molecular complexity index is 500. The smallest absolute Gasteiger partial charge is 0.312 e. The first-order valence-electron chi connectivity index (χ1n) is 5.61. The predicted octanol–water partition coefficient (Wildman–Crippen LogP) is 3.13. The summed E-state index contributed by atoms with van der Waals surface area (Å²) in [6.45, 7) is 8.76. The number of carbonyl (C=O) groups is 1. The third-order valence-electron chi connectivity index (χ3n) is 2.46. The molecule has 18 heavy (non-hydrogen) atoms. The van der Waals surface area contributed by atoms with Crippen LogP contribution in [0.1, 0.15) is 38.8 Å². The van der Waals surface area contributed by atoms with Crippen LogP contribution in [0, 0.1) is 17.0 Å². The number of nitro groups is 1. The van der Waals surface area contributed by atoms with Crippen LogP contribution in [0.3, 0.4) is 0 Å². The third-order valence-corrected chi connectivity index (χ3v) is 2.46. The molecule has 0 N–H and O–H groups in total. The molecule has 0 fully saturated rings. The Kier molecular flexibility index (Phi) is 3.74. The van der Waals surface area contributed by atoms with E-state index in [2.05, 4.69) is 0 Å². The SMILES string of the molecule is CC(=O)Oc1c([N+](=O)[O-])cc(C)cc1C(C)(C)C. The van der Waals surface area contributed by atoms with Gasteiger partial charge < -0.3 is 4.74 Å². The van der Waals surface area contributed by atoms with E-state index in [0.29, 0.717) is 5.56 Å². The molecule has 1 aromatic rings. The molecule has 0 atom stereocenters. The van der Waals surface area contributed by atoms with E-state index in [0.717, 1.165) is 5.56 Å². The highest BCUT2D eigenvalue weighted by molar-refractivity contribution is 5.72. The lowest BCUT2D eigenvalue weighted by Gasteiger charge is -2.22. The molecule has 5 nitrogen and oxygen atoms in total. The summed E-state index contributed by atoms with van der Waals surface area (Å²) in [6.07, 6.45) is 0. The minimum Gasteiger partial charge on any atom is -0.419 e. The van der Waals surface area contributed by atoms with Gasteiger partial charge in [-0.1, -0.05) is 26.8 Å². The molecule has 0 spiro atoms. The van der Waals surface area contributed by atoms with E-state index in [1.54, 1.807) is 6.92 Å². The lowest BCUT2D eigenvalue weighted by molar-refractivity contribution is -0.385. The van der Waals surface area contributed by atoms with Crippen LogP contribution >= 0.6 is 0 Å².